The Balaban J connectivity index is 2.09. The van der Waals surface area contributed by atoms with Crippen molar-refractivity contribution in [3.05, 3.63) is 5.01 Å². The van der Waals surface area contributed by atoms with Crippen molar-refractivity contribution in [3.8, 4) is 0 Å². The van der Waals surface area contributed by atoms with E-state index in [1.165, 1.54) is 0 Å². The van der Waals surface area contributed by atoms with Crippen LogP contribution in [0.5, 0.6) is 0 Å². The van der Waals surface area contributed by atoms with Gasteiger partial charge < -0.3 is 15.7 Å². The molecule has 2 rings (SSSR count). The van der Waals surface area contributed by atoms with Crippen LogP contribution in [0.15, 0.2) is 0 Å². The number of likely N-dealkylation sites (tertiary alicyclic amines) is 1. The second kappa shape index (κ2) is 3.50. The van der Waals surface area contributed by atoms with E-state index in [2.05, 4.69) is 10.2 Å². The van der Waals surface area contributed by atoms with Gasteiger partial charge in [0.1, 0.15) is 0 Å². The Morgan fingerprint density at radius 2 is 2.43 bits per heavy atom. The molecular weight excluding hydrogens is 204 g/mol. The second-order valence-corrected chi connectivity index (χ2v) is 4.15. The monoisotopic (exact) mass is 214 g/mol. The zero-order chi connectivity index (χ0) is 10.1. The summed E-state index contributed by atoms with van der Waals surface area (Å²) >= 11 is 1.07. The third kappa shape index (κ3) is 1.68. The van der Waals surface area contributed by atoms with E-state index in [-0.39, 0.29) is 16.0 Å². The number of carbonyl (C=O) groups excluding carboxylic acids is 1. The summed E-state index contributed by atoms with van der Waals surface area (Å²) in [5.74, 6) is -0.198. The minimum Gasteiger partial charge on any atom is -0.391 e. The van der Waals surface area contributed by atoms with Gasteiger partial charge in [-0.05, 0) is 6.42 Å². The standard InChI is InChI=1S/C7H10N4O2S/c8-7-10-9-5(14-7)6(13)11-2-1-4(12)3-11/h4,12H,1-3H2,(H2,8,10). The Hall–Kier alpha value is -1.21. The van der Waals surface area contributed by atoms with Gasteiger partial charge in [0.15, 0.2) is 0 Å². The number of hydrogen-bond acceptors (Lipinski definition) is 6. The van der Waals surface area contributed by atoms with E-state index in [0.29, 0.717) is 19.5 Å². The molecule has 0 aliphatic carbocycles. The highest BCUT2D eigenvalue weighted by Gasteiger charge is 2.27. The highest BCUT2D eigenvalue weighted by molar-refractivity contribution is 7.16. The molecule has 14 heavy (non-hydrogen) atoms. The number of aliphatic hydroxyl groups excluding tert-OH is 1. The van der Waals surface area contributed by atoms with Gasteiger partial charge in [0.05, 0.1) is 6.10 Å². The van der Waals surface area contributed by atoms with Crippen LogP contribution in [0.1, 0.15) is 16.2 Å². The Morgan fingerprint density at radius 3 is 2.93 bits per heavy atom. The van der Waals surface area contributed by atoms with Crippen LogP contribution >= 0.6 is 11.3 Å². The minimum atomic E-state index is -0.413. The van der Waals surface area contributed by atoms with Crippen LogP contribution in [0, 0.1) is 0 Å². The summed E-state index contributed by atoms with van der Waals surface area (Å²) in [6, 6.07) is 0. The molecule has 1 aromatic rings. The molecule has 3 N–H and O–H groups in total. The average molecular weight is 214 g/mol. The summed E-state index contributed by atoms with van der Waals surface area (Å²) in [4.78, 5) is 13.2. The Morgan fingerprint density at radius 1 is 1.64 bits per heavy atom. The van der Waals surface area contributed by atoms with Crippen molar-refractivity contribution < 1.29 is 9.90 Å². The zero-order valence-corrected chi connectivity index (χ0v) is 8.20. The van der Waals surface area contributed by atoms with E-state index in [1.807, 2.05) is 0 Å². The smallest absolute Gasteiger partial charge is 0.284 e. The summed E-state index contributed by atoms with van der Waals surface area (Å²) in [6.45, 7) is 0.942. The van der Waals surface area contributed by atoms with E-state index in [0.717, 1.165) is 11.3 Å². The van der Waals surface area contributed by atoms with Crippen LogP contribution < -0.4 is 5.73 Å². The Labute approximate surface area is 84.4 Å². The van der Waals surface area contributed by atoms with Crippen LogP contribution in [0.25, 0.3) is 0 Å². The molecule has 0 saturated carbocycles. The number of amides is 1. The second-order valence-electron chi connectivity index (χ2n) is 3.14. The molecule has 76 valence electrons. The highest BCUT2D eigenvalue weighted by atomic mass is 32.1. The molecule has 0 bridgehead atoms. The van der Waals surface area contributed by atoms with Gasteiger partial charge in [-0.3, -0.25) is 4.79 Å². The van der Waals surface area contributed by atoms with Crippen molar-refractivity contribution in [2.75, 3.05) is 18.8 Å². The van der Waals surface area contributed by atoms with Crippen LogP contribution in [-0.4, -0.2) is 45.3 Å². The summed E-state index contributed by atoms with van der Waals surface area (Å²) in [6.07, 6.45) is 0.212. The van der Waals surface area contributed by atoms with Gasteiger partial charge in [0.25, 0.3) is 5.91 Å². The van der Waals surface area contributed by atoms with Gasteiger partial charge in [0.2, 0.25) is 10.1 Å². The maximum Gasteiger partial charge on any atom is 0.284 e. The number of aromatic nitrogens is 2. The number of hydrogen-bond donors (Lipinski definition) is 2. The largest absolute Gasteiger partial charge is 0.391 e. The number of nitrogen functional groups attached to an aromatic ring is 1. The molecular formula is C7H10N4O2S. The van der Waals surface area contributed by atoms with Crippen LogP contribution in [-0.2, 0) is 0 Å². The first-order valence-electron chi connectivity index (χ1n) is 4.23. The van der Waals surface area contributed by atoms with Crippen molar-refractivity contribution in [1.29, 1.82) is 0 Å². The first-order valence-corrected chi connectivity index (χ1v) is 5.05. The minimum absolute atomic E-state index is 0.198. The predicted octanol–water partition coefficient (Wildman–Crippen LogP) is -0.673. The molecule has 1 aromatic heterocycles. The van der Waals surface area contributed by atoms with Crippen LogP contribution in [0.3, 0.4) is 0 Å². The van der Waals surface area contributed by atoms with E-state index < -0.39 is 6.10 Å². The van der Waals surface area contributed by atoms with Gasteiger partial charge >= 0.3 is 0 Å². The van der Waals surface area contributed by atoms with E-state index in [4.69, 9.17) is 5.73 Å². The fourth-order valence-corrected chi connectivity index (χ4v) is 1.96. The zero-order valence-electron chi connectivity index (χ0n) is 7.38. The normalized spacial score (nSPS) is 21.5. The average Bonchev–Trinajstić information content (AvgIpc) is 2.73. The van der Waals surface area contributed by atoms with Crippen molar-refractivity contribution >= 4 is 22.4 Å². The first-order chi connectivity index (χ1) is 6.66. The van der Waals surface area contributed by atoms with E-state index >= 15 is 0 Å². The van der Waals surface area contributed by atoms with Crippen LogP contribution in [0.4, 0.5) is 5.13 Å². The summed E-state index contributed by atoms with van der Waals surface area (Å²) in [7, 11) is 0. The van der Waals surface area contributed by atoms with Crippen molar-refractivity contribution in [2.45, 2.75) is 12.5 Å². The molecule has 2 heterocycles. The molecule has 0 radical (unpaired) electrons. The quantitative estimate of drug-likeness (QED) is 0.646. The molecule has 0 spiro atoms. The molecule has 1 unspecified atom stereocenters. The molecule has 1 atom stereocenters. The molecule has 6 nitrogen and oxygen atoms in total. The lowest BCUT2D eigenvalue weighted by Gasteiger charge is -2.12. The molecule has 0 aromatic carbocycles. The topological polar surface area (TPSA) is 92.3 Å². The lowest BCUT2D eigenvalue weighted by atomic mass is 10.3. The number of nitrogens with two attached hydrogens (primary N) is 1. The van der Waals surface area contributed by atoms with E-state index in [1.54, 1.807) is 4.90 Å². The van der Waals surface area contributed by atoms with Gasteiger partial charge in [-0.25, -0.2) is 0 Å². The lowest BCUT2D eigenvalue weighted by Crippen LogP contribution is -2.29. The number of carbonyl (C=O) groups is 1. The molecule has 1 amide bonds. The number of rotatable bonds is 1. The maximum absolute atomic E-state index is 11.7. The van der Waals surface area contributed by atoms with E-state index in [9.17, 15) is 9.90 Å². The van der Waals surface area contributed by atoms with Gasteiger partial charge in [0, 0.05) is 13.1 Å². The summed E-state index contributed by atoms with van der Waals surface area (Å²) < 4.78 is 0. The van der Waals surface area contributed by atoms with Crippen molar-refractivity contribution in [3.63, 3.8) is 0 Å². The highest BCUT2D eigenvalue weighted by Crippen LogP contribution is 2.17. The maximum atomic E-state index is 11.7. The van der Waals surface area contributed by atoms with Crippen LogP contribution in [0.2, 0.25) is 0 Å². The van der Waals surface area contributed by atoms with Crippen molar-refractivity contribution in [1.82, 2.24) is 15.1 Å². The molecule has 1 aliphatic rings. The number of anilines is 1. The van der Waals surface area contributed by atoms with Crippen molar-refractivity contribution in [2.24, 2.45) is 0 Å². The molecule has 7 heteroatoms. The number of aliphatic hydroxyl groups is 1. The fraction of sp³-hybridized carbons (Fsp3) is 0.571. The lowest BCUT2D eigenvalue weighted by molar-refractivity contribution is 0.0764. The number of β-amino-alcohol motifs (C(OH)–C–C–N with tert-alkyl or cyclic N) is 1. The third-order valence-electron chi connectivity index (χ3n) is 2.07. The fourth-order valence-electron chi connectivity index (χ4n) is 1.38. The third-order valence-corrected chi connectivity index (χ3v) is 2.81. The Bertz CT molecular complexity index is 353. The molecule has 1 saturated heterocycles. The van der Waals surface area contributed by atoms with Gasteiger partial charge in [-0.2, -0.15) is 0 Å². The molecule has 1 fully saturated rings. The van der Waals surface area contributed by atoms with Gasteiger partial charge in [-0.15, -0.1) is 10.2 Å². The predicted molar refractivity (Wildman–Crippen MR) is 50.8 cm³/mol. The Kier molecular flexibility index (Phi) is 2.34. The summed E-state index contributed by atoms with van der Waals surface area (Å²) in [5.41, 5.74) is 5.37. The summed E-state index contributed by atoms with van der Waals surface area (Å²) in [5, 5.41) is 17.0. The SMILES string of the molecule is Nc1nnc(C(=O)N2CCC(O)C2)s1. The molecule has 1 aliphatic heterocycles. The number of nitrogens with zero attached hydrogens (tertiary/aromatic N) is 3. The van der Waals surface area contributed by atoms with Gasteiger partial charge in [-0.1, -0.05) is 11.3 Å². The first kappa shape index (κ1) is 9.35.